The van der Waals surface area contributed by atoms with Crippen LogP contribution in [-0.4, -0.2) is 63.4 Å². The van der Waals surface area contributed by atoms with Crippen LogP contribution in [0.5, 0.6) is 17.2 Å². The van der Waals surface area contributed by atoms with Gasteiger partial charge in [-0.3, -0.25) is 4.21 Å². The lowest BCUT2D eigenvalue weighted by Gasteiger charge is -2.23. The number of aliphatic hydroxyl groups excluding tert-OH is 1. The third-order valence-corrected chi connectivity index (χ3v) is 6.18. The molecular formula is C26H29N2O8S-. The minimum absolute atomic E-state index is 0.0728. The molecule has 0 aliphatic carbocycles. The Morgan fingerprint density at radius 1 is 1.08 bits per heavy atom. The van der Waals surface area contributed by atoms with Gasteiger partial charge in [-0.05, 0) is 60.0 Å². The number of nitrogens with zero attached hydrogens (tertiary/aromatic N) is 1. The van der Waals surface area contributed by atoms with Crippen molar-refractivity contribution in [3.8, 4) is 28.4 Å². The number of aliphatic hydroxyl groups is 1. The number of benzene rings is 3. The lowest BCUT2D eigenvalue weighted by Crippen LogP contribution is -2.26. The third-order valence-electron chi connectivity index (χ3n) is 5.53. The average Bonchev–Trinajstić information content (AvgIpc) is 2.88. The first kappa shape index (κ1) is 27.9. The number of nitrogens with one attached hydrogen (secondary N) is 1. The van der Waals surface area contributed by atoms with Crippen LogP contribution in [0.25, 0.3) is 11.1 Å². The second-order valence-corrected chi connectivity index (χ2v) is 8.99. The molecule has 3 aromatic carbocycles. The molecule has 0 aromatic heterocycles. The van der Waals surface area contributed by atoms with Crippen molar-refractivity contribution in [2.75, 3.05) is 37.7 Å². The number of hydrogen-bond donors (Lipinski definition) is 4. The molecule has 10 nitrogen and oxygen atoms in total. The Labute approximate surface area is 217 Å². The molecule has 11 heteroatoms. The molecule has 0 aliphatic rings. The summed E-state index contributed by atoms with van der Waals surface area (Å²) in [4.78, 5) is 11.4. The van der Waals surface area contributed by atoms with Gasteiger partial charge >= 0.3 is 5.97 Å². The van der Waals surface area contributed by atoms with Crippen LogP contribution < -0.4 is 19.1 Å². The van der Waals surface area contributed by atoms with E-state index in [1.165, 1.54) is 31.3 Å². The monoisotopic (exact) mass is 529 g/mol. The Hall–Kier alpha value is -3.64. The van der Waals surface area contributed by atoms with Gasteiger partial charge in [0.2, 0.25) is 0 Å². The minimum atomic E-state index is -2.55. The summed E-state index contributed by atoms with van der Waals surface area (Å²) in [5.41, 5.74) is 2.34. The topological polar surface area (TPSA) is 152 Å². The second-order valence-electron chi connectivity index (χ2n) is 8.00. The molecular weight excluding hydrogens is 500 g/mol. The van der Waals surface area contributed by atoms with E-state index < -0.39 is 23.3 Å². The molecule has 0 spiro atoms. The number of carboxylic acid groups (broad SMARTS) is 1. The van der Waals surface area contributed by atoms with Gasteiger partial charge in [-0.2, -0.15) is 0 Å². The fraction of sp³-hybridized carbons (Fsp3) is 0.269. The van der Waals surface area contributed by atoms with Gasteiger partial charge in [-0.25, -0.2) is 4.79 Å². The van der Waals surface area contributed by atoms with Crippen LogP contribution >= 0.6 is 0 Å². The van der Waals surface area contributed by atoms with E-state index in [4.69, 9.17) is 9.47 Å². The molecule has 2 atom stereocenters. The van der Waals surface area contributed by atoms with Crippen molar-refractivity contribution < 1.29 is 38.3 Å². The number of ether oxygens (including phenoxy) is 2. The van der Waals surface area contributed by atoms with E-state index in [0.717, 1.165) is 15.4 Å². The Kier molecular flexibility index (Phi) is 9.86. The Morgan fingerprint density at radius 2 is 1.78 bits per heavy atom. The largest absolute Gasteiger partial charge is 0.755 e. The van der Waals surface area contributed by atoms with Crippen molar-refractivity contribution in [2.24, 2.45) is 0 Å². The van der Waals surface area contributed by atoms with Gasteiger partial charge < -0.3 is 39.0 Å². The van der Waals surface area contributed by atoms with Crippen molar-refractivity contribution in [1.82, 2.24) is 5.32 Å². The van der Waals surface area contributed by atoms with Gasteiger partial charge in [0.15, 0.2) is 0 Å². The highest BCUT2D eigenvalue weighted by molar-refractivity contribution is 7.80. The lowest BCUT2D eigenvalue weighted by atomic mass is 10.0. The molecule has 0 radical (unpaired) electrons. The predicted octanol–water partition coefficient (Wildman–Crippen LogP) is 3.09. The number of hydrogen-bond acceptors (Lipinski definition) is 8. The standard InChI is InChI=1S/C26H30N2O8S/c1-3-35-25-15-18(6-10-21(25)26(31)32)17-4-8-20(9-5-17)36-13-12-27-16-24(30)19-7-11-23(29)22(14-19)28(2)37(33)34/h4-11,14-15,24,27,29-30H,3,12-13,16H2,1-2H3,(H,31,32)(H,33,34)/p-1. The molecule has 0 amide bonds. The number of anilines is 1. The zero-order chi connectivity index (χ0) is 26.9. The molecule has 0 saturated heterocycles. The van der Waals surface area contributed by atoms with Crippen LogP contribution in [0.4, 0.5) is 5.69 Å². The SMILES string of the molecule is CCOc1cc(-c2ccc(OCCNCC(O)c3ccc(O)c(N(C)S(=O)[O-])c3)cc2)ccc1C(=O)O. The van der Waals surface area contributed by atoms with Crippen molar-refractivity contribution in [2.45, 2.75) is 13.0 Å². The minimum Gasteiger partial charge on any atom is -0.755 e. The van der Waals surface area contributed by atoms with E-state index in [1.807, 2.05) is 24.3 Å². The summed E-state index contributed by atoms with van der Waals surface area (Å²) in [5.74, 6) is -0.286. The van der Waals surface area contributed by atoms with E-state index in [0.29, 0.717) is 36.8 Å². The van der Waals surface area contributed by atoms with Crippen molar-refractivity contribution in [3.05, 3.63) is 71.8 Å². The lowest BCUT2D eigenvalue weighted by molar-refractivity contribution is 0.0692. The Bertz CT molecular complexity index is 1240. The van der Waals surface area contributed by atoms with Gasteiger partial charge in [-0.1, -0.05) is 24.3 Å². The van der Waals surface area contributed by atoms with Crippen LogP contribution in [-0.2, 0) is 11.3 Å². The van der Waals surface area contributed by atoms with Crippen molar-refractivity contribution in [1.29, 1.82) is 0 Å². The average molecular weight is 530 g/mol. The summed E-state index contributed by atoms with van der Waals surface area (Å²) in [5, 5.41) is 32.7. The number of aromatic hydroxyl groups is 1. The summed E-state index contributed by atoms with van der Waals surface area (Å²) >= 11 is -2.55. The van der Waals surface area contributed by atoms with Gasteiger partial charge in [0.25, 0.3) is 0 Å². The van der Waals surface area contributed by atoms with Crippen LogP contribution in [0, 0.1) is 0 Å². The zero-order valence-electron chi connectivity index (χ0n) is 20.4. The van der Waals surface area contributed by atoms with Crippen LogP contribution in [0.1, 0.15) is 28.9 Å². The first-order valence-corrected chi connectivity index (χ1v) is 12.5. The molecule has 0 saturated carbocycles. The third kappa shape index (κ3) is 7.43. The maximum absolute atomic E-state index is 11.4. The van der Waals surface area contributed by atoms with Gasteiger partial charge in [-0.15, -0.1) is 0 Å². The summed E-state index contributed by atoms with van der Waals surface area (Å²) in [6.07, 6.45) is -0.916. The number of aromatic carboxylic acids is 1. The van der Waals surface area contributed by atoms with Crippen LogP contribution in [0.3, 0.4) is 0 Å². The van der Waals surface area contributed by atoms with Crippen LogP contribution in [0.2, 0.25) is 0 Å². The highest BCUT2D eigenvalue weighted by Gasteiger charge is 2.14. The molecule has 0 fully saturated rings. The van der Waals surface area contributed by atoms with Gasteiger partial charge in [0, 0.05) is 31.4 Å². The molecule has 4 N–H and O–H groups in total. The number of rotatable bonds is 13. The van der Waals surface area contributed by atoms with E-state index in [9.17, 15) is 28.9 Å². The first-order valence-electron chi connectivity index (χ1n) is 11.5. The maximum atomic E-state index is 11.4. The van der Waals surface area contributed by atoms with Crippen molar-refractivity contribution >= 4 is 22.9 Å². The molecule has 2 unspecified atom stereocenters. The van der Waals surface area contributed by atoms with E-state index in [-0.39, 0.29) is 23.5 Å². The van der Waals surface area contributed by atoms with Crippen LogP contribution in [0.15, 0.2) is 60.7 Å². The number of carbonyl (C=O) groups is 1. The fourth-order valence-corrected chi connectivity index (χ4v) is 3.88. The highest BCUT2D eigenvalue weighted by Crippen LogP contribution is 2.31. The van der Waals surface area contributed by atoms with Gasteiger partial charge in [0.1, 0.15) is 29.4 Å². The van der Waals surface area contributed by atoms with E-state index in [1.54, 1.807) is 19.1 Å². The first-order chi connectivity index (χ1) is 17.7. The summed E-state index contributed by atoms with van der Waals surface area (Å²) in [6, 6.07) is 16.6. The summed E-state index contributed by atoms with van der Waals surface area (Å²) in [6.45, 7) is 3.14. The molecule has 198 valence electrons. The maximum Gasteiger partial charge on any atom is 0.339 e. The van der Waals surface area contributed by atoms with Gasteiger partial charge in [0.05, 0.1) is 18.4 Å². The second kappa shape index (κ2) is 13.1. The summed E-state index contributed by atoms with van der Waals surface area (Å²) in [7, 11) is 1.30. The molecule has 0 heterocycles. The normalized spacial score (nSPS) is 12.5. The number of phenolic OH excluding ortho intramolecular Hbond substituents is 1. The predicted molar refractivity (Wildman–Crippen MR) is 139 cm³/mol. The quantitative estimate of drug-likeness (QED) is 0.193. The molecule has 37 heavy (non-hydrogen) atoms. The number of carboxylic acids is 1. The van der Waals surface area contributed by atoms with E-state index in [2.05, 4.69) is 5.32 Å². The molecule has 0 bridgehead atoms. The van der Waals surface area contributed by atoms with E-state index >= 15 is 0 Å². The molecule has 3 rings (SSSR count). The smallest absolute Gasteiger partial charge is 0.339 e. The van der Waals surface area contributed by atoms with Crippen molar-refractivity contribution in [3.63, 3.8) is 0 Å². The number of phenols is 1. The molecule has 3 aromatic rings. The molecule has 0 aliphatic heterocycles. The zero-order valence-corrected chi connectivity index (χ0v) is 21.2. The fourth-order valence-electron chi connectivity index (χ4n) is 3.58. The summed E-state index contributed by atoms with van der Waals surface area (Å²) < 4.78 is 34.4. The Morgan fingerprint density at radius 3 is 2.43 bits per heavy atom. The Balaban J connectivity index is 1.50. The highest BCUT2D eigenvalue weighted by atomic mass is 32.2.